The third kappa shape index (κ3) is 3.85. The Labute approximate surface area is 141 Å². The van der Waals surface area contributed by atoms with E-state index >= 15 is 0 Å². The van der Waals surface area contributed by atoms with Crippen LogP contribution in [0, 0.1) is 0 Å². The van der Waals surface area contributed by atoms with E-state index in [2.05, 4.69) is 31.9 Å². The molecule has 0 bridgehead atoms. The Morgan fingerprint density at radius 3 is 2.52 bits per heavy atom. The largest absolute Gasteiger partial charge is 0.342 e. The summed E-state index contributed by atoms with van der Waals surface area (Å²) in [5.41, 5.74) is 0. The Morgan fingerprint density at radius 2 is 1.90 bits per heavy atom. The van der Waals surface area contributed by atoms with Crippen LogP contribution in [-0.4, -0.2) is 50.2 Å². The highest BCUT2D eigenvalue weighted by atomic mass is 79.9. The third-order valence-electron chi connectivity index (χ3n) is 3.40. The molecule has 21 heavy (non-hydrogen) atoms. The van der Waals surface area contributed by atoms with Crippen LogP contribution >= 0.6 is 31.9 Å². The number of halogens is 2. The van der Waals surface area contributed by atoms with Gasteiger partial charge in [-0.25, -0.2) is 8.42 Å². The maximum atomic E-state index is 12.6. The van der Waals surface area contributed by atoms with Crippen LogP contribution in [0.4, 0.5) is 0 Å². The van der Waals surface area contributed by atoms with Crippen molar-refractivity contribution in [3.8, 4) is 0 Å². The van der Waals surface area contributed by atoms with Gasteiger partial charge in [-0.3, -0.25) is 4.79 Å². The highest BCUT2D eigenvalue weighted by Crippen LogP contribution is 2.27. The van der Waals surface area contributed by atoms with E-state index in [1.165, 1.54) is 13.1 Å². The fourth-order valence-electron chi connectivity index (χ4n) is 2.18. The molecule has 0 unspecified atom stereocenters. The van der Waals surface area contributed by atoms with E-state index in [0.29, 0.717) is 22.0 Å². The summed E-state index contributed by atoms with van der Waals surface area (Å²) in [5, 5.41) is 0. The molecule has 2 rings (SSSR count). The molecule has 0 aromatic heterocycles. The van der Waals surface area contributed by atoms with Crippen LogP contribution in [0.1, 0.15) is 12.8 Å². The minimum atomic E-state index is -3.71. The van der Waals surface area contributed by atoms with Gasteiger partial charge < -0.3 is 4.90 Å². The Bertz CT molecular complexity index is 643. The van der Waals surface area contributed by atoms with E-state index in [0.717, 1.165) is 17.1 Å². The molecule has 0 spiro atoms. The Hall–Kier alpha value is -0.440. The van der Waals surface area contributed by atoms with Gasteiger partial charge in [-0.05, 0) is 47.0 Å². The lowest BCUT2D eigenvalue weighted by atomic mass is 10.4. The molecule has 1 aliphatic rings. The second-order valence-electron chi connectivity index (χ2n) is 4.92. The van der Waals surface area contributed by atoms with Crippen molar-refractivity contribution in [2.45, 2.75) is 17.7 Å². The Kier molecular flexibility index (Phi) is 5.45. The first-order valence-electron chi connectivity index (χ1n) is 6.51. The third-order valence-corrected chi connectivity index (χ3v) is 6.69. The quantitative estimate of drug-likeness (QED) is 0.723. The molecule has 0 saturated carbocycles. The molecule has 8 heteroatoms. The van der Waals surface area contributed by atoms with Crippen molar-refractivity contribution in [1.29, 1.82) is 0 Å². The summed E-state index contributed by atoms with van der Waals surface area (Å²) < 4.78 is 27.4. The number of likely N-dealkylation sites (tertiary alicyclic amines) is 1. The van der Waals surface area contributed by atoms with Crippen molar-refractivity contribution < 1.29 is 13.2 Å². The maximum absolute atomic E-state index is 12.6. The van der Waals surface area contributed by atoms with Gasteiger partial charge in [-0.1, -0.05) is 15.9 Å². The van der Waals surface area contributed by atoms with E-state index in [1.807, 2.05) is 0 Å². The number of hydrogen-bond acceptors (Lipinski definition) is 3. The molecule has 0 aliphatic carbocycles. The monoisotopic (exact) mass is 438 g/mol. The minimum absolute atomic E-state index is 0.138. The summed E-state index contributed by atoms with van der Waals surface area (Å²) >= 11 is 6.51. The number of hydrogen-bond donors (Lipinski definition) is 0. The van der Waals surface area contributed by atoms with Gasteiger partial charge >= 0.3 is 0 Å². The Balaban J connectivity index is 2.18. The second kappa shape index (κ2) is 6.76. The molecular weight excluding hydrogens is 424 g/mol. The van der Waals surface area contributed by atoms with Gasteiger partial charge in [0.15, 0.2) is 0 Å². The fourth-order valence-corrected chi connectivity index (χ4v) is 4.76. The predicted molar refractivity (Wildman–Crippen MR) is 87.5 cm³/mol. The van der Waals surface area contributed by atoms with E-state index in [4.69, 9.17) is 0 Å². The number of carbonyl (C=O) groups is 1. The van der Waals surface area contributed by atoms with Crippen LogP contribution in [0.5, 0.6) is 0 Å². The summed E-state index contributed by atoms with van der Waals surface area (Å²) in [7, 11) is -2.28. The smallest absolute Gasteiger partial charge is 0.244 e. The molecule has 0 radical (unpaired) electrons. The summed E-state index contributed by atoms with van der Waals surface area (Å²) in [6, 6.07) is 4.93. The first-order valence-corrected chi connectivity index (χ1v) is 9.54. The highest BCUT2D eigenvalue weighted by Gasteiger charge is 2.28. The number of amides is 1. The zero-order valence-corrected chi connectivity index (χ0v) is 15.5. The van der Waals surface area contributed by atoms with Crippen molar-refractivity contribution in [3.05, 3.63) is 27.1 Å². The maximum Gasteiger partial charge on any atom is 0.244 e. The van der Waals surface area contributed by atoms with Crippen molar-refractivity contribution in [2.75, 3.05) is 26.7 Å². The van der Waals surface area contributed by atoms with Crippen LogP contribution in [0.25, 0.3) is 0 Å². The topological polar surface area (TPSA) is 57.7 Å². The van der Waals surface area contributed by atoms with Gasteiger partial charge in [0.05, 0.1) is 11.4 Å². The molecule has 0 atom stereocenters. The van der Waals surface area contributed by atoms with E-state index in [-0.39, 0.29) is 17.3 Å². The number of likely N-dealkylation sites (N-methyl/N-ethyl adjacent to an activating group) is 1. The fraction of sp³-hybridized carbons (Fsp3) is 0.462. The van der Waals surface area contributed by atoms with Crippen LogP contribution in [0.3, 0.4) is 0 Å². The zero-order valence-electron chi connectivity index (χ0n) is 11.6. The van der Waals surface area contributed by atoms with E-state index in [9.17, 15) is 13.2 Å². The number of benzene rings is 1. The molecular formula is C13H16Br2N2O3S. The standard InChI is InChI=1S/C13H16Br2N2O3S/c1-16(9-13(18)17-6-2-3-7-17)21(19,20)12-8-10(14)4-5-11(12)15/h4-5,8H,2-3,6-7,9H2,1H3. The van der Waals surface area contributed by atoms with E-state index < -0.39 is 10.0 Å². The van der Waals surface area contributed by atoms with Crippen LogP contribution in [0.2, 0.25) is 0 Å². The van der Waals surface area contributed by atoms with Gasteiger partial charge in [0.1, 0.15) is 0 Å². The summed E-state index contributed by atoms with van der Waals surface area (Å²) in [6.07, 6.45) is 1.97. The first kappa shape index (κ1) is 16.9. The lowest BCUT2D eigenvalue weighted by molar-refractivity contribution is -0.130. The van der Waals surface area contributed by atoms with Gasteiger partial charge in [0.2, 0.25) is 15.9 Å². The Morgan fingerprint density at radius 1 is 1.29 bits per heavy atom. The lowest BCUT2D eigenvalue weighted by Crippen LogP contribution is -2.39. The molecule has 5 nitrogen and oxygen atoms in total. The number of nitrogens with zero attached hydrogens (tertiary/aromatic N) is 2. The number of rotatable bonds is 4. The number of carbonyl (C=O) groups excluding carboxylic acids is 1. The van der Waals surface area contributed by atoms with Crippen molar-refractivity contribution in [3.63, 3.8) is 0 Å². The van der Waals surface area contributed by atoms with Crippen molar-refractivity contribution in [2.24, 2.45) is 0 Å². The van der Waals surface area contributed by atoms with E-state index in [1.54, 1.807) is 17.0 Å². The number of sulfonamides is 1. The molecule has 1 aliphatic heterocycles. The summed E-state index contributed by atoms with van der Waals surface area (Å²) in [6.45, 7) is 1.29. The first-order chi connectivity index (χ1) is 9.82. The van der Waals surface area contributed by atoms with Gasteiger partial charge in [0, 0.05) is 29.1 Å². The average Bonchev–Trinajstić information content (AvgIpc) is 2.95. The average molecular weight is 440 g/mol. The molecule has 0 N–H and O–H groups in total. The molecule has 1 aromatic carbocycles. The SMILES string of the molecule is CN(CC(=O)N1CCCC1)S(=O)(=O)c1cc(Br)ccc1Br. The summed E-state index contributed by atoms with van der Waals surface area (Å²) in [4.78, 5) is 13.9. The van der Waals surface area contributed by atoms with Gasteiger partial charge in [0.25, 0.3) is 0 Å². The van der Waals surface area contributed by atoms with Gasteiger partial charge in [-0.2, -0.15) is 4.31 Å². The molecule has 116 valence electrons. The highest BCUT2D eigenvalue weighted by molar-refractivity contribution is 9.11. The van der Waals surface area contributed by atoms with Crippen molar-refractivity contribution >= 4 is 47.8 Å². The summed E-state index contributed by atoms with van der Waals surface area (Å²) in [5.74, 6) is -0.148. The normalized spacial score (nSPS) is 15.7. The van der Waals surface area contributed by atoms with Gasteiger partial charge in [-0.15, -0.1) is 0 Å². The predicted octanol–water partition coefficient (Wildman–Crippen LogP) is 2.45. The molecule has 1 amide bonds. The minimum Gasteiger partial charge on any atom is -0.342 e. The van der Waals surface area contributed by atoms with Crippen LogP contribution in [-0.2, 0) is 14.8 Å². The molecule has 1 heterocycles. The van der Waals surface area contributed by atoms with Crippen LogP contribution in [0.15, 0.2) is 32.0 Å². The van der Waals surface area contributed by atoms with Crippen LogP contribution < -0.4 is 0 Å². The second-order valence-corrected chi connectivity index (χ2v) is 8.71. The molecule has 1 saturated heterocycles. The molecule has 1 fully saturated rings. The lowest BCUT2D eigenvalue weighted by Gasteiger charge is -2.21. The van der Waals surface area contributed by atoms with Crippen molar-refractivity contribution in [1.82, 2.24) is 9.21 Å². The zero-order chi connectivity index (χ0) is 15.6. The molecule has 1 aromatic rings.